The second-order valence-electron chi connectivity index (χ2n) is 5.16. The number of carbonyl (C=O) groups excluding carboxylic acids is 1. The number of hydrogen-bond donors (Lipinski definition) is 2. The highest BCUT2D eigenvalue weighted by Crippen LogP contribution is 2.24. The van der Waals surface area contributed by atoms with E-state index < -0.39 is 11.7 Å². The minimum atomic E-state index is -0.530. The zero-order valence-electron chi connectivity index (χ0n) is 11.2. The Hall–Kier alpha value is -0.970. The van der Waals surface area contributed by atoms with Crippen LogP contribution in [-0.2, 0) is 4.74 Å². The molecule has 0 saturated heterocycles. The SMILES string of the molecule is CC(C)(C)OC(=O)NC[C@@H](N)c1ccc(Cl)c(Cl)c1. The molecule has 0 aromatic heterocycles. The van der Waals surface area contributed by atoms with Crippen LogP contribution < -0.4 is 11.1 Å². The molecule has 3 N–H and O–H groups in total. The molecular formula is C13H18Cl2N2O2. The van der Waals surface area contributed by atoms with Gasteiger partial charge in [0.05, 0.1) is 10.0 Å². The molecule has 0 heterocycles. The van der Waals surface area contributed by atoms with E-state index >= 15 is 0 Å². The molecule has 0 radical (unpaired) electrons. The third-order valence-corrected chi connectivity index (χ3v) is 2.98. The van der Waals surface area contributed by atoms with Gasteiger partial charge >= 0.3 is 6.09 Å². The quantitative estimate of drug-likeness (QED) is 0.898. The molecule has 106 valence electrons. The maximum absolute atomic E-state index is 11.5. The Morgan fingerprint density at radius 2 is 2.00 bits per heavy atom. The number of nitrogens with two attached hydrogens (primary N) is 1. The normalized spacial score (nSPS) is 12.9. The summed E-state index contributed by atoms with van der Waals surface area (Å²) in [5, 5.41) is 3.52. The van der Waals surface area contributed by atoms with E-state index in [4.69, 9.17) is 33.7 Å². The Labute approximate surface area is 123 Å². The van der Waals surface area contributed by atoms with E-state index in [9.17, 15) is 4.79 Å². The van der Waals surface area contributed by atoms with E-state index in [0.717, 1.165) is 5.56 Å². The monoisotopic (exact) mass is 304 g/mol. The van der Waals surface area contributed by atoms with Crippen LogP contribution >= 0.6 is 23.2 Å². The summed E-state index contributed by atoms with van der Waals surface area (Å²) in [5.74, 6) is 0. The first-order valence-corrected chi connectivity index (χ1v) is 6.62. The first-order valence-electron chi connectivity index (χ1n) is 5.86. The van der Waals surface area contributed by atoms with Gasteiger partial charge in [-0.05, 0) is 38.5 Å². The molecule has 1 aromatic carbocycles. The Balaban J connectivity index is 2.53. The molecule has 0 spiro atoms. The molecule has 0 bridgehead atoms. The first kappa shape index (κ1) is 16.1. The zero-order chi connectivity index (χ0) is 14.6. The number of ether oxygens (including phenoxy) is 1. The van der Waals surface area contributed by atoms with E-state index in [0.29, 0.717) is 10.0 Å². The van der Waals surface area contributed by atoms with Gasteiger partial charge in [-0.3, -0.25) is 0 Å². The Morgan fingerprint density at radius 1 is 1.37 bits per heavy atom. The van der Waals surface area contributed by atoms with Gasteiger partial charge in [0.15, 0.2) is 0 Å². The van der Waals surface area contributed by atoms with Crippen LogP contribution in [0.1, 0.15) is 32.4 Å². The smallest absolute Gasteiger partial charge is 0.407 e. The number of amides is 1. The molecule has 1 amide bonds. The van der Waals surface area contributed by atoms with Gasteiger partial charge in [0, 0.05) is 12.6 Å². The van der Waals surface area contributed by atoms with Gasteiger partial charge in [0.1, 0.15) is 5.60 Å². The lowest BCUT2D eigenvalue weighted by atomic mass is 10.1. The standard InChI is InChI=1S/C13H18Cl2N2O2/c1-13(2,3)19-12(18)17-7-11(16)8-4-5-9(14)10(15)6-8/h4-6,11H,7,16H2,1-3H3,(H,17,18)/t11-/m1/s1. The summed E-state index contributed by atoms with van der Waals surface area (Å²) in [4.78, 5) is 11.5. The third-order valence-electron chi connectivity index (χ3n) is 2.24. The van der Waals surface area contributed by atoms with Crippen LogP contribution in [0.25, 0.3) is 0 Å². The highest BCUT2D eigenvalue weighted by Gasteiger charge is 2.17. The van der Waals surface area contributed by atoms with Crippen molar-refractivity contribution in [2.45, 2.75) is 32.4 Å². The highest BCUT2D eigenvalue weighted by atomic mass is 35.5. The summed E-state index contributed by atoms with van der Waals surface area (Å²) in [5.41, 5.74) is 6.22. The lowest BCUT2D eigenvalue weighted by Crippen LogP contribution is -2.36. The maximum Gasteiger partial charge on any atom is 0.407 e. The molecule has 6 heteroatoms. The molecule has 0 aliphatic rings. The average Bonchev–Trinajstić information content (AvgIpc) is 2.27. The lowest BCUT2D eigenvalue weighted by molar-refractivity contribution is 0.0524. The second-order valence-corrected chi connectivity index (χ2v) is 5.98. The van der Waals surface area contributed by atoms with E-state index in [1.54, 1.807) is 39.0 Å². The molecule has 4 nitrogen and oxygen atoms in total. The molecule has 0 aliphatic carbocycles. The fourth-order valence-electron chi connectivity index (χ4n) is 1.37. The van der Waals surface area contributed by atoms with Gasteiger partial charge in [0.2, 0.25) is 0 Å². The van der Waals surface area contributed by atoms with Crippen LogP contribution in [0, 0.1) is 0 Å². The van der Waals surface area contributed by atoms with Crippen molar-refractivity contribution < 1.29 is 9.53 Å². The van der Waals surface area contributed by atoms with E-state index in [1.165, 1.54) is 0 Å². The maximum atomic E-state index is 11.5. The molecule has 19 heavy (non-hydrogen) atoms. The third kappa shape index (κ3) is 5.68. The zero-order valence-corrected chi connectivity index (χ0v) is 12.7. The van der Waals surface area contributed by atoms with Crippen LogP contribution in [0.15, 0.2) is 18.2 Å². The van der Waals surface area contributed by atoms with Crippen LogP contribution in [0.4, 0.5) is 4.79 Å². The van der Waals surface area contributed by atoms with Crippen molar-refractivity contribution in [3.63, 3.8) is 0 Å². The summed E-state index contributed by atoms with van der Waals surface area (Å²) in [6, 6.07) is 4.76. The van der Waals surface area contributed by atoms with Gasteiger partial charge in [-0.25, -0.2) is 4.79 Å². The lowest BCUT2D eigenvalue weighted by Gasteiger charge is -2.21. The molecule has 0 fully saturated rings. The number of carbonyl (C=O) groups is 1. The first-order chi connectivity index (χ1) is 8.69. The minimum Gasteiger partial charge on any atom is -0.444 e. The van der Waals surface area contributed by atoms with Crippen molar-refractivity contribution in [1.82, 2.24) is 5.32 Å². The Morgan fingerprint density at radius 3 is 2.53 bits per heavy atom. The number of benzene rings is 1. The van der Waals surface area contributed by atoms with E-state index in [1.807, 2.05) is 0 Å². The van der Waals surface area contributed by atoms with E-state index in [2.05, 4.69) is 5.32 Å². The van der Waals surface area contributed by atoms with Gasteiger partial charge < -0.3 is 15.8 Å². The van der Waals surface area contributed by atoms with E-state index in [-0.39, 0.29) is 12.6 Å². The number of nitrogens with one attached hydrogen (secondary N) is 1. The highest BCUT2D eigenvalue weighted by molar-refractivity contribution is 6.42. The molecular weight excluding hydrogens is 287 g/mol. The molecule has 1 aromatic rings. The number of alkyl carbamates (subject to hydrolysis) is 1. The van der Waals surface area contributed by atoms with Gasteiger partial charge in [0.25, 0.3) is 0 Å². The van der Waals surface area contributed by atoms with Crippen LogP contribution in [0.2, 0.25) is 10.0 Å². The fourth-order valence-corrected chi connectivity index (χ4v) is 1.67. The summed E-state index contributed by atoms with van der Waals surface area (Å²) in [7, 11) is 0. The van der Waals surface area contributed by atoms with Crippen molar-refractivity contribution in [1.29, 1.82) is 0 Å². The van der Waals surface area contributed by atoms with Crippen LogP contribution in [0.3, 0.4) is 0 Å². The largest absolute Gasteiger partial charge is 0.444 e. The summed E-state index contributed by atoms with van der Waals surface area (Å²) < 4.78 is 5.11. The number of hydrogen-bond acceptors (Lipinski definition) is 3. The molecule has 0 saturated carbocycles. The van der Waals surface area contributed by atoms with Crippen molar-refractivity contribution in [3.8, 4) is 0 Å². The van der Waals surface area contributed by atoms with Crippen molar-refractivity contribution >= 4 is 29.3 Å². The van der Waals surface area contributed by atoms with Crippen LogP contribution in [-0.4, -0.2) is 18.2 Å². The fraction of sp³-hybridized carbons (Fsp3) is 0.462. The molecule has 1 atom stereocenters. The average molecular weight is 305 g/mol. The summed E-state index contributed by atoms with van der Waals surface area (Å²) >= 11 is 11.7. The van der Waals surface area contributed by atoms with Gasteiger partial charge in [-0.15, -0.1) is 0 Å². The van der Waals surface area contributed by atoms with Crippen molar-refractivity contribution in [2.24, 2.45) is 5.73 Å². The Kier molecular flexibility index (Phi) is 5.47. The van der Waals surface area contributed by atoms with Gasteiger partial charge in [-0.2, -0.15) is 0 Å². The summed E-state index contributed by atoms with van der Waals surface area (Å²) in [6.07, 6.45) is -0.497. The predicted molar refractivity (Wildman–Crippen MR) is 77.6 cm³/mol. The topological polar surface area (TPSA) is 64.3 Å². The van der Waals surface area contributed by atoms with Crippen molar-refractivity contribution in [2.75, 3.05) is 6.54 Å². The number of halogens is 2. The van der Waals surface area contributed by atoms with Gasteiger partial charge in [-0.1, -0.05) is 29.3 Å². The second kappa shape index (κ2) is 6.46. The minimum absolute atomic E-state index is 0.257. The number of rotatable bonds is 3. The molecule has 0 aliphatic heterocycles. The molecule has 0 unspecified atom stereocenters. The van der Waals surface area contributed by atoms with Crippen molar-refractivity contribution in [3.05, 3.63) is 33.8 Å². The predicted octanol–water partition coefficient (Wildman–Crippen LogP) is 3.52. The van der Waals surface area contributed by atoms with Crippen LogP contribution in [0.5, 0.6) is 0 Å². The Bertz CT molecular complexity index is 458. The summed E-state index contributed by atoms with van der Waals surface area (Å²) in [6.45, 7) is 5.65. The molecule has 1 rings (SSSR count).